The summed E-state index contributed by atoms with van der Waals surface area (Å²) in [5, 5.41) is 31.1. The van der Waals surface area contributed by atoms with Gasteiger partial charge in [0, 0.05) is 27.0 Å². The topological polar surface area (TPSA) is 91.4 Å². The average molecular weight is 517 g/mol. The highest BCUT2D eigenvalue weighted by Gasteiger charge is 2.68. The predicted octanol–water partition coefficient (Wildman–Crippen LogP) is 5.96. The molecule has 1 heterocycles. The van der Waals surface area contributed by atoms with Gasteiger partial charge in [0.05, 0.1) is 23.3 Å². The van der Waals surface area contributed by atoms with Gasteiger partial charge in [0.15, 0.2) is 6.04 Å². The summed E-state index contributed by atoms with van der Waals surface area (Å²) < 4.78 is 44.1. The molecule has 176 valence electrons. The smallest absolute Gasteiger partial charge is 0.364 e. The van der Waals surface area contributed by atoms with Gasteiger partial charge in [0.2, 0.25) is 5.72 Å². The second-order valence-corrected chi connectivity index (χ2v) is 8.51. The molecule has 0 saturated carbocycles. The fourth-order valence-corrected chi connectivity index (χ4v) is 4.31. The number of hydrogen-bond acceptors (Lipinski definition) is 4. The molecule has 1 saturated heterocycles. The highest BCUT2D eigenvalue weighted by molar-refractivity contribution is 6.31. The number of benzene rings is 3. The number of rotatable bonds is 3. The summed E-state index contributed by atoms with van der Waals surface area (Å²) >= 11 is 11.8. The number of hydrogen-bond donors (Lipinski definition) is 1. The van der Waals surface area contributed by atoms with Gasteiger partial charge in [-0.1, -0.05) is 23.2 Å². The molecule has 1 fully saturated rings. The van der Waals surface area contributed by atoms with Gasteiger partial charge in [0.25, 0.3) is 0 Å². The lowest BCUT2D eigenvalue weighted by molar-refractivity contribution is -0.186. The van der Waals surface area contributed by atoms with Crippen LogP contribution in [0.1, 0.15) is 16.7 Å². The van der Waals surface area contributed by atoms with E-state index in [1.54, 1.807) is 12.1 Å². The van der Waals surface area contributed by atoms with Crippen LogP contribution in [0.4, 0.5) is 29.3 Å². The lowest BCUT2D eigenvalue weighted by atomic mass is 9.90. The van der Waals surface area contributed by atoms with Crippen molar-refractivity contribution in [3.05, 3.63) is 93.5 Å². The number of alkyl halides is 3. The molecule has 2 atom stereocenters. The van der Waals surface area contributed by atoms with Crippen molar-refractivity contribution in [1.29, 1.82) is 10.5 Å². The summed E-state index contributed by atoms with van der Waals surface area (Å²) in [6.07, 6.45) is -5.15. The molecule has 1 aliphatic heterocycles. The molecule has 3 aromatic carbocycles. The lowest BCUT2D eigenvalue weighted by Crippen LogP contribution is -2.56. The van der Waals surface area contributed by atoms with Crippen LogP contribution < -0.4 is 9.80 Å². The van der Waals surface area contributed by atoms with Gasteiger partial charge < -0.3 is 5.11 Å². The molecule has 35 heavy (non-hydrogen) atoms. The van der Waals surface area contributed by atoms with Crippen molar-refractivity contribution in [2.45, 2.75) is 17.9 Å². The van der Waals surface area contributed by atoms with E-state index in [1.807, 2.05) is 0 Å². The zero-order chi connectivity index (χ0) is 25.5. The minimum Gasteiger partial charge on any atom is -0.364 e. The van der Waals surface area contributed by atoms with Crippen molar-refractivity contribution in [3.8, 4) is 12.1 Å². The Morgan fingerprint density at radius 1 is 0.857 bits per heavy atom. The largest absolute Gasteiger partial charge is 0.414 e. The van der Waals surface area contributed by atoms with Gasteiger partial charge in [-0.2, -0.15) is 23.7 Å². The number of urea groups is 1. The molecular weight excluding hydrogens is 504 g/mol. The summed E-state index contributed by atoms with van der Waals surface area (Å²) in [6, 6.07) is 13.0. The van der Waals surface area contributed by atoms with E-state index in [0.29, 0.717) is 9.80 Å². The summed E-state index contributed by atoms with van der Waals surface area (Å²) in [7, 11) is 0. The standard InChI is InChI=1S/C24H13Cl2F3N4O2/c25-17-1-5-19(6-2-17)32-21(24(27,28)29)23(35,16-10-14(12-30)9-15(11-16)13-31)33(22(32)34)20-7-3-18(26)4-8-20/h1-11,21,35H. The summed E-state index contributed by atoms with van der Waals surface area (Å²) in [4.78, 5) is 14.6. The van der Waals surface area contributed by atoms with Crippen LogP contribution in [0.5, 0.6) is 0 Å². The van der Waals surface area contributed by atoms with Crippen LogP contribution >= 0.6 is 23.2 Å². The van der Waals surface area contributed by atoms with Gasteiger partial charge in [-0.05, 0) is 66.7 Å². The minimum atomic E-state index is -5.15. The van der Waals surface area contributed by atoms with E-state index in [0.717, 1.165) is 18.2 Å². The van der Waals surface area contributed by atoms with Gasteiger partial charge in [-0.3, -0.25) is 9.80 Å². The van der Waals surface area contributed by atoms with E-state index < -0.39 is 29.5 Å². The first kappa shape index (κ1) is 24.4. The maximum atomic E-state index is 14.7. The van der Waals surface area contributed by atoms with Gasteiger partial charge in [0.1, 0.15) is 0 Å². The molecule has 1 aliphatic rings. The molecule has 0 spiro atoms. The monoisotopic (exact) mass is 516 g/mol. The van der Waals surface area contributed by atoms with Crippen LogP contribution in [0, 0.1) is 22.7 Å². The first-order valence-electron chi connectivity index (χ1n) is 9.90. The average Bonchev–Trinajstić information content (AvgIpc) is 3.08. The summed E-state index contributed by atoms with van der Waals surface area (Å²) in [6.45, 7) is 0. The maximum Gasteiger partial charge on any atom is 0.414 e. The summed E-state index contributed by atoms with van der Waals surface area (Å²) in [5.74, 6) is 0. The number of nitriles is 2. The Bertz CT molecular complexity index is 1350. The third-order valence-electron chi connectivity index (χ3n) is 5.49. The molecule has 3 aromatic rings. The second-order valence-electron chi connectivity index (χ2n) is 7.63. The number of aliphatic hydroxyl groups is 1. The molecule has 6 nitrogen and oxygen atoms in total. The third-order valence-corrected chi connectivity index (χ3v) is 6.00. The van der Waals surface area contributed by atoms with Crippen molar-refractivity contribution in [2.24, 2.45) is 0 Å². The zero-order valence-corrected chi connectivity index (χ0v) is 19.0. The van der Waals surface area contributed by atoms with E-state index in [-0.39, 0.29) is 32.5 Å². The van der Waals surface area contributed by atoms with Crippen LogP contribution in [0.2, 0.25) is 10.0 Å². The third kappa shape index (κ3) is 4.15. The Balaban J connectivity index is 2.06. The number of carbonyl (C=O) groups excluding carboxylic acids is 1. The molecule has 0 bridgehead atoms. The maximum absolute atomic E-state index is 14.7. The zero-order valence-electron chi connectivity index (χ0n) is 17.5. The number of halogens is 5. The minimum absolute atomic E-state index is 0.0894. The lowest BCUT2D eigenvalue weighted by Gasteiger charge is -2.38. The molecule has 0 radical (unpaired) electrons. The second kappa shape index (κ2) is 8.79. The van der Waals surface area contributed by atoms with Crippen LogP contribution in [-0.4, -0.2) is 23.4 Å². The van der Waals surface area contributed by atoms with Gasteiger partial charge in [-0.25, -0.2) is 4.79 Å². The first-order chi connectivity index (χ1) is 16.5. The SMILES string of the molecule is N#Cc1cc(C#N)cc(C2(O)C(C(F)(F)F)N(c3ccc(Cl)cc3)C(=O)N2c2ccc(Cl)cc2)c1. The van der Waals surface area contributed by atoms with E-state index in [4.69, 9.17) is 23.2 Å². The van der Waals surface area contributed by atoms with Crippen molar-refractivity contribution >= 4 is 40.6 Å². The Labute approximate surface area is 207 Å². The number of carbonyl (C=O) groups is 1. The molecule has 11 heteroatoms. The van der Waals surface area contributed by atoms with Crippen LogP contribution in [0.25, 0.3) is 0 Å². The van der Waals surface area contributed by atoms with Crippen molar-refractivity contribution in [1.82, 2.24) is 0 Å². The van der Waals surface area contributed by atoms with Crippen LogP contribution in [0.3, 0.4) is 0 Å². The Morgan fingerprint density at radius 3 is 1.74 bits per heavy atom. The van der Waals surface area contributed by atoms with Gasteiger partial charge >= 0.3 is 12.2 Å². The fourth-order valence-electron chi connectivity index (χ4n) is 4.06. The molecule has 0 aliphatic carbocycles. The molecule has 2 amide bonds. The Kier molecular flexibility index (Phi) is 6.12. The molecule has 1 N–H and O–H groups in total. The van der Waals surface area contributed by atoms with E-state index in [1.165, 1.54) is 48.5 Å². The van der Waals surface area contributed by atoms with E-state index in [2.05, 4.69) is 0 Å². The van der Waals surface area contributed by atoms with Crippen LogP contribution in [-0.2, 0) is 5.72 Å². The van der Waals surface area contributed by atoms with Gasteiger partial charge in [-0.15, -0.1) is 0 Å². The van der Waals surface area contributed by atoms with Crippen molar-refractivity contribution < 1.29 is 23.1 Å². The highest BCUT2D eigenvalue weighted by Crippen LogP contribution is 2.50. The van der Waals surface area contributed by atoms with Crippen molar-refractivity contribution in [3.63, 3.8) is 0 Å². The first-order valence-corrected chi connectivity index (χ1v) is 10.7. The predicted molar refractivity (Wildman–Crippen MR) is 123 cm³/mol. The number of amides is 2. The Morgan fingerprint density at radius 2 is 1.31 bits per heavy atom. The quantitative estimate of drug-likeness (QED) is 0.464. The highest BCUT2D eigenvalue weighted by atomic mass is 35.5. The normalized spacial score (nSPS) is 20.0. The van der Waals surface area contributed by atoms with Crippen molar-refractivity contribution in [2.75, 3.05) is 9.80 Å². The number of nitrogens with zero attached hydrogens (tertiary/aromatic N) is 4. The van der Waals surface area contributed by atoms with E-state index in [9.17, 15) is 33.6 Å². The molecule has 2 unspecified atom stereocenters. The van der Waals surface area contributed by atoms with Crippen LogP contribution in [0.15, 0.2) is 66.7 Å². The number of anilines is 2. The molecule has 4 rings (SSSR count). The fraction of sp³-hybridized carbons (Fsp3) is 0.125. The van der Waals surface area contributed by atoms with E-state index >= 15 is 0 Å². The molecular formula is C24H13Cl2F3N4O2. The summed E-state index contributed by atoms with van der Waals surface area (Å²) in [5.41, 5.74) is -4.12. The Hall–Kier alpha value is -3.76. The molecule has 0 aromatic heterocycles.